The SMILES string of the molecule is C=CC(=O)Nc1cc2c(Nc3ccc(F)c(F)c3F)ncnc2cc1OC(C(C)=O)C1CCNCC1. The van der Waals surface area contributed by atoms with E-state index in [4.69, 9.17) is 4.74 Å². The zero-order valence-electron chi connectivity index (χ0n) is 19.4. The Kier molecular flexibility index (Phi) is 7.49. The van der Waals surface area contributed by atoms with Gasteiger partial charge in [0, 0.05) is 17.4 Å². The summed E-state index contributed by atoms with van der Waals surface area (Å²) in [4.78, 5) is 32.9. The van der Waals surface area contributed by atoms with Crippen LogP contribution in [-0.4, -0.2) is 40.9 Å². The second-order valence-corrected chi connectivity index (χ2v) is 8.37. The maximum Gasteiger partial charge on any atom is 0.247 e. The van der Waals surface area contributed by atoms with E-state index in [9.17, 15) is 22.8 Å². The van der Waals surface area contributed by atoms with Gasteiger partial charge in [0.25, 0.3) is 0 Å². The molecule has 1 aromatic heterocycles. The lowest BCUT2D eigenvalue weighted by molar-refractivity contribution is -0.126. The normalized spacial score (nSPS) is 14.8. The largest absolute Gasteiger partial charge is 0.480 e. The van der Waals surface area contributed by atoms with Crippen LogP contribution < -0.4 is 20.7 Å². The third-order valence-corrected chi connectivity index (χ3v) is 5.93. The van der Waals surface area contributed by atoms with Gasteiger partial charge < -0.3 is 20.7 Å². The molecule has 3 aromatic rings. The average molecular weight is 499 g/mol. The molecular formula is C25H24F3N5O3. The fourth-order valence-corrected chi connectivity index (χ4v) is 4.11. The molecule has 0 aliphatic carbocycles. The van der Waals surface area contributed by atoms with Crippen molar-refractivity contribution < 1.29 is 27.5 Å². The Labute approximate surface area is 205 Å². The van der Waals surface area contributed by atoms with Gasteiger partial charge in [-0.3, -0.25) is 9.59 Å². The number of ketones is 1. The molecule has 8 nitrogen and oxygen atoms in total. The first kappa shape index (κ1) is 25.1. The molecule has 1 aliphatic heterocycles. The minimum atomic E-state index is -1.62. The smallest absolute Gasteiger partial charge is 0.247 e. The molecule has 0 saturated carbocycles. The van der Waals surface area contributed by atoms with Crippen molar-refractivity contribution in [2.24, 2.45) is 5.92 Å². The van der Waals surface area contributed by atoms with Crippen LogP contribution in [0.1, 0.15) is 19.8 Å². The molecule has 1 saturated heterocycles. The number of Topliss-reactive ketones (excluding diaryl/α,β-unsaturated/α-hetero) is 1. The summed E-state index contributed by atoms with van der Waals surface area (Å²) in [5.74, 6) is -4.77. The van der Waals surface area contributed by atoms with Gasteiger partial charge in [0.2, 0.25) is 5.91 Å². The summed E-state index contributed by atoms with van der Waals surface area (Å²) < 4.78 is 47.5. The van der Waals surface area contributed by atoms with Crippen molar-refractivity contribution in [2.75, 3.05) is 23.7 Å². The van der Waals surface area contributed by atoms with Crippen LogP contribution in [-0.2, 0) is 9.59 Å². The first-order chi connectivity index (χ1) is 17.3. The topological polar surface area (TPSA) is 105 Å². The van der Waals surface area contributed by atoms with Crippen molar-refractivity contribution in [2.45, 2.75) is 25.9 Å². The predicted molar refractivity (Wildman–Crippen MR) is 129 cm³/mol. The van der Waals surface area contributed by atoms with E-state index >= 15 is 0 Å². The number of ether oxygens (including phenoxy) is 1. The summed E-state index contributed by atoms with van der Waals surface area (Å²) in [5, 5.41) is 8.86. The summed E-state index contributed by atoms with van der Waals surface area (Å²) in [7, 11) is 0. The fraction of sp³-hybridized carbons (Fsp3) is 0.280. The molecule has 3 N–H and O–H groups in total. The second kappa shape index (κ2) is 10.7. The molecule has 1 aliphatic rings. The number of benzene rings is 2. The van der Waals surface area contributed by atoms with Crippen molar-refractivity contribution in [3.63, 3.8) is 0 Å². The lowest BCUT2D eigenvalue weighted by atomic mass is 9.90. The van der Waals surface area contributed by atoms with Crippen molar-refractivity contribution in [3.8, 4) is 5.75 Å². The van der Waals surface area contributed by atoms with E-state index in [1.165, 1.54) is 25.4 Å². The maximum absolute atomic E-state index is 14.3. The molecule has 2 heterocycles. The van der Waals surface area contributed by atoms with E-state index in [1.54, 1.807) is 0 Å². The quantitative estimate of drug-likeness (QED) is 0.314. The molecule has 0 radical (unpaired) electrons. The van der Waals surface area contributed by atoms with Crippen LogP contribution in [0.25, 0.3) is 10.9 Å². The zero-order chi connectivity index (χ0) is 25.8. The highest BCUT2D eigenvalue weighted by atomic mass is 19.2. The van der Waals surface area contributed by atoms with Crippen LogP contribution in [0.2, 0.25) is 0 Å². The van der Waals surface area contributed by atoms with Crippen LogP contribution in [0, 0.1) is 23.4 Å². The fourth-order valence-electron chi connectivity index (χ4n) is 4.11. The Bertz CT molecular complexity index is 1330. The first-order valence-corrected chi connectivity index (χ1v) is 11.3. The van der Waals surface area contributed by atoms with Gasteiger partial charge in [0.05, 0.1) is 16.9 Å². The molecule has 1 unspecified atom stereocenters. The van der Waals surface area contributed by atoms with E-state index in [0.717, 1.165) is 44.1 Å². The summed E-state index contributed by atoms with van der Waals surface area (Å²) >= 11 is 0. The minimum Gasteiger partial charge on any atom is -0.480 e. The number of hydrogen-bond acceptors (Lipinski definition) is 7. The molecule has 1 atom stereocenters. The number of aromatic nitrogens is 2. The number of halogens is 3. The maximum atomic E-state index is 14.3. The summed E-state index contributed by atoms with van der Waals surface area (Å²) in [6.45, 7) is 6.43. The molecule has 1 fully saturated rings. The molecule has 4 rings (SSSR count). The standard InChI is InChI=1S/C25H24F3N5O3/c1-3-21(35)32-19-10-15-18(11-20(19)36-24(13(2)34)14-6-8-29-9-7-14)30-12-31-25(15)33-17-5-4-16(26)22(27)23(17)28/h3-5,10-12,14,24,29H,1,6-9H2,2H3,(H,32,35)(H,30,31,33). The number of carbonyl (C=O) groups is 2. The van der Waals surface area contributed by atoms with Gasteiger partial charge in [0.15, 0.2) is 29.3 Å². The molecule has 0 spiro atoms. The van der Waals surface area contributed by atoms with Gasteiger partial charge in [-0.1, -0.05) is 6.58 Å². The lowest BCUT2D eigenvalue weighted by Crippen LogP contribution is -2.40. The number of nitrogens with one attached hydrogen (secondary N) is 3. The Balaban J connectivity index is 1.76. The predicted octanol–water partition coefficient (Wildman–Crippen LogP) is 4.25. The Morgan fingerprint density at radius 1 is 1.14 bits per heavy atom. The van der Waals surface area contributed by atoms with E-state index in [2.05, 4.69) is 32.5 Å². The number of nitrogens with zero attached hydrogens (tertiary/aromatic N) is 2. The highest BCUT2D eigenvalue weighted by molar-refractivity contribution is 6.03. The van der Waals surface area contributed by atoms with Gasteiger partial charge >= 0.3 is 0 Å². The molecule has 0 bridgehead atoms. The highest BCUT2D eigenvalue weighted by Crippen LogP contribution is 2.36. The number of rotatable bonds is 8. The van der Waals surface area contributed by atoms with Crippen molar-refractivity contribution in [1.82, 2.24) is 15.3 Å². The van der Waals surface area contributed by atoms with Crippen LogP contribution in [0.15, 0.2) is 43.2 Å². The van der Waals surface area contributed by atoms with Crippen LogP contribution in [0.5, 0.6) is 5.75 Å². The molecule has 2 aromatic carbocycles. The van der Waals surface area contributed by atoms with E-state index in [1.807, 2.05) is 0 Å². The molecule has 11 heteroatoms. The number of piperidine rings is 1. The molecule has 1 amide bonds. The van der Waals surface area contributed by atoms with Gasteiger partial charge in [-0.05, 0) is 57.1 Å². The lowest BCUT2D eigenvalue weighted by Gasteiger charge is -2.30. The number of carbonyl (C=O) groups excluding carboxylic acids is 2. The third-order valence-electron chi connectivity index (χ3n) is 5.93. The molecular weight excluding hydrogens is 475 g/mol. The molecule has 36 heavy (non-hydrogen) atoms. The summed E-state index contributed by atoms with van der Waals surface area (Å²) in [5.41, 5.74) is 0.208. The van der Waals surface area contributed by atoms with Gasteiger partial charge in [-0.25, -0.2) is 23.1 Å². The molecule has 188 valence electrons. The van der Waals surface area contributed by atoms with Crippen LogP contribution in [0.4, 0.5) is 30.4 Å². The van der Waals surface area contributed by atoms with Crippen molar-refractivity contribution in [1.29, 1.82) is 0 Å². The van der Waals surface area contributed by atoms with Crippen molar-refractivity contribution in [3.05, 3.63) is 60.7 Å². The number of hydrogen-bond donors (Lipinski definition) is 3. The van der Waals surface area contributed by atoms with Gasteiger partial charge in [-0.15, -0.1) is 0 Å². The Morgan fingerprint density at radius 2 is 1.89 bits per heavy atom. The Hall–Kier alpha value is -3.99. The van der Waals surface area contributed by atoms with Gasteiger partial charge in [-0.2, -0.15) is 0 Å². The van der Waals surface area contributed by atoms with Crippen molar-refractivity contribution >= 4 is 39.8 Å². The van der Waals surface area contributed by atoms with Gasteiger partial charge in [0.1, 0.15) is 17.9 Å². The number of anilines is 3. The van der Waals surface area contributed by atoms with E-state index in [0.29, 0.717) is 10.9 Å². The second-order valence-electron chi connectivity index (χ2n) is 8.37. The van der Waals surface area contributed by atoms with Crippen LogP contribution in [0.3, 0.4) is 0 Å². The third kappa shape index (κ3) is 5.30. The first-order valence-electron chi connectivity index (χ1n) is 11.3. The summed E-state index contributed by atoms with van der Waals surface area (Å²) in [6, 6.07) is 4.84. The highest BCUT2D eigenvalue weighted by Gasteiger charge is 2.30. The Morgan fingerprint density at radius 3 is 2.58 bits per heavy atom. The number of amides is 1. The average Bonchev–Trinajstić information content (AvgIpc) is 2.88. The van der Waals surface area contributed by atoms with E-state index < -0.39 is 29.5 Å². The zero-order valence-corrected chi connectivity index (χ0v) is 19.4. The monoisotopic (exact) mass is 499 g/mol. The summed E-state index contributed by atoms with van der Waals surface area (Å²) in [6.07, 6.45) is 3.04. The number of fused-ring (bicyclic) bond motifs is 1. The van der Waals surface area contributed by atoms with Crippen LogP contribution >= 0.6 is 0 Å². The van der Waals surface area contributed by atoms with E-state index in [-0.39, 0.29) is 34.6 Å². The minimum absolute atomic E-state index is 0.0126.